The van der Waals surface area contributed by atoms with Crippen molar-refractivity contribution in [2.75, 3.05) is 11.9 Å². The van der Waals surface area contributed by atoms with E-state index in [0.717, 1.165) is 5.56 Å². The van der Waals surface area contributed by atoms with Crippen molar-refractivity contribution in [2.24, 2.45) is 7.05 Å². The molecular weight excluding hydrogens is 254 g/mol. The first-order valence-corrected chi connectivity index (χ1v) is 6.10. The van der Waals surface area contributed by atoms with Gasteiger partial charge in [-0.15, -0.1) is 0 Å². The van der Waals surface area contributed by atoms with Gasteiger partial charge in [0.1, 0.15) is 6.61 Å². The summed E-state index contributed by atoms with van der Waals surface area (Å²) in [5.74, 6) is 5.16. The zero-order valence-corrected chi connectivity index (χ0v) is 11.3. The van der Waals surface area contributed by atoms with Crippen LogP contribution >= 0.6 is 0 Å². The van der Waals surface area contributed by atoms with Crippen molar-refractivity contribution in [3.63, 3.8) is 0 Å². The van der Waals surface area contributed by atoms with E-state index >= 15 is 0 Å². The molecule has 0 spiro atoms. The molecule has 0 unspecified atom stereocenters. The fraction of sp³-hybridized carbons (Fsp3) is 0.200. The van der Waals surface area contributed by atoms with Crippen LogP contribution in [0.25, 0.3) is 0 Å². The van der Waals surface area contributed by atoms with Gasteiger partial charge in [0, 0.05) is 18.8 Å². The first-order valence-electron chi connectivity index (χ1n) is 6.10. The van der Waals surface area contributed by atoms with Crippen molar-refractivity contribution in [1.82, 2.24) is 9.78 Å². The van der Waals surface area contributed by atoms with Crippen molar-refractivity contribution in [3.05, 3.63) is 47.3 Å². The van der Waals surface area contributed by atoms with Crippen LogP contribution in [0, 0.1) is 18.8 Å². The van der Waals surface area contributed by atoms with Gasteiger partial charge in [-0.05, 0) is 24.6 Å². The Balaban J connectivity index is 2.28. The first-order chi connectivity index (χ1) is 9.60. The number of nitrogens with zero attached hydrogens (tertiary/aromatic N) is 2. The van der Waals surface area contributed by atoms with E-state index in [0.29, 0.717) is 16.8 Å². The monoisotopic (exact) mass is 269 g/mol. The van der Waals surface area contributed by atoms with E-state index in [1.807, 2.05) is 25.1 Å². The maximum absolute atomic E-state index is 12.1. The van der Waals surface area contributed by atoms with Crippen LogP contribution in [0.15, 0.2) is 30.6 Å². The number of aromatic nitrogens is 2. The van der Waals surface area contributed by atoms with Gasteiger partial charge in [-0.2, -0.15) is 5.10 Å². The Hall–Kier alpha value is -2.58. The third kappa shape index (κ3) is 3.25. The lowest BCUT2D eigenvalue weighted by molar-refractivity contribution is 0.102. The van der Waals surface area contributed by atoms with Crippen molar-refractivity contribution in [3.8, 4) is 11.8 Å². The second kappa shape index (κ2) is 6.04. The summed E-state index contributed by atoms with van der Waals surface area (Å²) in [5.41, 5.74) is 2.79. The third-order valence-corrected chi connectivity index (χ3v) is 2.69. The number of nitrogens with one attached hydrogen (secondary N) is 1. The molecule has 0 bridgehead atoms. The quantitative estimate of drug-likeness (QED) is 0.808. The number of benzene rings is 1. The number of anilines is 1. The van der Waals surface area contributed by atoms with E-state index < -0.39 is 0 Å². The van der Waals surface area contributed by atoms with Gasteiger partial charge in [0.15, 0.2) is 0 Å². The summed E-state index contributed by atoms with van der Waals surface area (Å²) in [4.78, 5) is 12.1. The van der Waals surface area contributed by atoms with Gasteiger partial charge in [0.05, 0.1) is 17.4 Å². The number of rotatable bonds is 2. The molecule has 102 valence electrons. The average molecular weight is 269 g/mol. The minimum Gasteiger partial charge on any atom is -0.384 e. The summed E-state index contributed by atoms with van der Waals surface area (Å²) >= 11 is 0. The van der Waals surface area contributed by atoms with E-state index in [4.69, 9.17) is 5.11 Å². The Labute approximate surface area is 117 Å². The maximum Gasteiger partial charge on any atom is 0.258 e. The Morgan fingerprint density at radius 3 is 2.95 bits per heavy atom. The smallest absolute Gasteiger partial charge is 0.258 e. The summed E-state index contributed by atoms with van der Waals surface area (Å²) in [6.07, 6.45) is 3.15. The minimum absolute atomic E-state index is 0.218. The van der Waals surface area contributed by atoms with Crippen molar-refractivity contribution < 1.29 is 9.90 Å². The highest BCUT2D eigenvalue weighted by molar-refractivity contribution is 6.04. The molecule has 1 aromatic carbocycles. The predicted octanol–water partition coefficient (Wildman–Crippen LogP) is 1.32. The van der Waals surface area contributed by atoms with Gasteiger partial charge in [-0.3, -0.25) is 9.48 Å². The fourth-order valence-electron chi connectivity index (χ4n) is 1.74. The fourth-order valence-corrected chi connectivity index (χ4v) is 1.74. The second-order valence-electron chi connectivity index (χ2n) is 4.37. The summed E-state index contributed by atoms with van der Waals surface area (Å²) in [6.45, 7) is 1.72. The van der Waals surface area contributed by atoms with Gasteiger partial charge in [-0.25, -0.2) is 0 Å². The third-order valence-electron chi connectivity index (χ3n) is 2.69. The van der Waals surface area contributed by atoms with Crippen molar-refractivity contribution in [2.45, 2.75) is 6.92 Å². The van der Waals surface area contributed by atoms with Crippen LogP contribution < -0.4 is 5.32 Å². The number of carbonyl (C=O) groups excluding carboxylic acids is 1. The van der Waals surface area contributed by atoms with Crippen LogP contribution in [-0.2, 0) is 7.05 Å². The highest BCUT2D eigenvalue weighted by atomic mass is 16.2. The van der Waals surface area contributed by atoms with Crippen LogP contribution in [-0.4, -0.2) is 27.4 Å². The topological polar surface area (TPSA) is 67.2 Å². The molecule has 0 saturated carbocycles. The Kier molecular flexibility index (Phi) is 4.18. The number of aryl methyl sites for hydroxylation is 2. The molecule has 0 fully saturated rings. The standard InChI is InChI=1S/C15H15N3O2/c1-11-5-6-12(4-3-7-19)14(8-11)17-15(20)13-9-16-18(2)10-13/h5-6,8-10,19H,7H2,1-2H3,(H,17,20). The van der Waals surface area contributed by atoms with Gasteiger partial charge in [0.25, 0.3) is 5.91 Å². The molecule has 2 aromatic rings. The van der Waals surface area contributed by atoms with Gasteiger partial charge < -0.3 is 10.4 Å². The Morgan fingerprint density at radius 2 is 2.30 bits per heavy atom. The predicted molar refractivity (Wildman–Crippen MR) is 76.3 cm³/mol. The number of aliphatic hydroxyl groups excluding tert-OH is 1. The van der Waals surface area contributed by atoms with Gasteiger partial charge in [0.2, 0.25) is 0 Å². The average Bonchev–Trinajstić information content (AvgIpc) is 2.85. The van der Waals surface area contributed by atoms with Crippen LogP contribution in [0.2, 0.25) is 0 Å². The van der Waals surface area contributed by atoms with Gasteiger partial charge >= 0.3 is 0 Å². The number of amides is 1. The number of aliphatic hydroxyl groups is 1. The van der Waals surface area contributed by atoms with E-state index in [1.54, 1.807) is 17.9 Å². The summed E-state index contributed by atoms with van der Waals surface area (Å²) < 4.78 is 1.57. The zero-order chi connectivity index (χ0) is 14.5. The lowest BCUT2D eigenvalue weighted by Gasteiger charge is -2.07. The molecule has 0 atom stereocenters. The highest BCUT2D eigenvalue weighted by Crippen LogP contribution is 2.17. The highest BCUT2D eigenvalue weighted by Gasteiger charge is 2.10. The van der Waals surface area contributed by atoms with Crippen LogP contribution in [0.5, 0.6) is 0 Å². The summed E-state index contributed by atoms with van der Waals surface area (Å²) in [6, 6.07) is 5.56. The molecule has 0 aliphatic carbocycles. The van der Waals surface area contributed by atoms with Crippen LogP contribution in [0.3, 0.4) is 0 Å². The normalized spacial score (nSPS) is 9.75. The van der Waals surface area contributed by atoms with Crippen LogP contribution in [0.1, 0.15) is 21.5 Å². The molecule has 0 saturated heterocycles. The molecule has 2 N–H and O–H groups in total. The molecule has 5 heteroatoms. The molecule has 0 radical (unpaired) electrons. The second-order valence-corrected chi connectivity index (χ2v) is 4.37. The Bertz CT molecular complexity index is 693. The van der Waals surface area contributed by atoms with Crippen LogP contribution in [0.4, 0.5) is 5.69 Å². The molecule has 0 aliphatic heterocycles. The van der Waals surface area contributed by atoms with E-state index in [2.05, 4.69) is 22.3 Å². The molecule has 1 aromatic heterocycles. The largest absolute Gasteiger partial charge is 0.384 e. The van der Waals surface area contributed by atoms with Gasteiger partial charge in [-0.1, -0.05) is 17.9 Å². The number of carbonyl (C=O) groups is 1. The lowest BCUT2D eigenvalue weighted by atomic mass is 10.1. The van der Waals surface area contributed by atoms with E-state index in [9.17, 15) is 4.79 Å². The minimum atomic E-state index is -0.240. The molecule has 2 rings (SSSR count). The molecule has 1 heterocycles. The van der Waals surface area contributed by atoms with Crippen molar-refractivity contribution in [1.29, 1.82) is 0 Å². The molecular formula is C15H15N3O2. The SMILES string of the molecule is Cc1ccc(C#CCO)c(NC(=O)c2cnn(C)c2)c1. The number of hydrogen-bond acceptors (Lipinski definition) is 3. The lowest BCUT2D eigenvalue weighted by Crippen LogP contribution is -2.12. The number of hydrogen-bond donors (Lipinski definition) is 2. The van der Waals surface area contributed by atoms with E-state index in [1.165, 1.54) is 6.20 Å². The zero-order valence-electron chi connectivity index (χ0n) is 11.3. The first kappa shape index (κ1) is 13.8. The molecule has 20 heavy (non-hydrogen) atoms. The summed E-state index contributed by atoms with van der Waals surface area (Å²) in [7, 11) is 1.75. The Morgan fingerprint density at radius 1 is 1.50 bits per heavy atom. The summed E-state index contributed by atoms with van der Waals surface area (Å²) in [5, 5.41) is 15.5. The maximum atomic E-state index is 12.1. The van der Waals surface area contributed by atoms with Crippen molar-refractivity contribution >= 4 is 11.6 Å². The molecule has 5 nitrogen and oxygen atoms in total. The van der Waals surface area contributed by atoms with E-state index in [-0.39, 0.29) is 12.5 Å². The molecule has 1 amide bonds. The molecule has 0 aliphatic rings.